The number of unbranched alkanes of at least 4 members (excludes halogenated alkanes) is 1. The summed E-state index contributed by atoms with van der Waals surface area (Å²) < 4.78 is 2.02. The number of aryl methyl sites for hydroxylation is 3. The number of nitrogens with one attached hydrogen (secondary N) is 1. The fraction of sp³-hybridized carbons (Fsp3) is 0.250. The molecular formula is C28H30N4OS. The lowest BCUT2D eigenvalue weighted by molar-refractivity contribution is -0.113. The Labute approximate surface area is 205 Å². The summed E-state index contributed by atoms with van der Waals surface area (Å²) in [5.74, 6) is 0.940. The van der Waals surface area contributed by atoms with Crippen LogP contribution in [0.25, 0.3) is 17.1 Å². The van der Waals surface area contributed by atoms with Crippen molar-refractivity contribution in [2.24, 2.45) is 0 Å². The monoisotopic (exact) mass is 470 g/mol. The van der Waals surface area contributed by atoms with Crippen LogP contribution in [0.1, 0.15) is 36.5 Å². The van der Waals surface area contributed by atoms with Gasteiger partial charge in [0, 0.05) is 16.9 Å². The Bertz CT molecular complexity index is 1250. The van der Waals surface area contributed by atoms with Crippen LogP contribution in [-0.4, -0.2) is 26.4 Å². The molecule has 1 heterocycles. The lowest BCUT2D eigenvalue weighted by Crippen LogP contribution is -2.14. The zero-order valence-corrected chi connectivity index (χ0v) is 20.7. The van der Waals surface area contributed by atoms with Crippen LogP contribution < -0.4 is 5.32 Å². The summed E-state index contributed by atoms with van der Waals surface area (Å²) >= 11 is 1.38. The van der Waals surface area contributed by atoms with Crippen molar-refractivity contribution in [2.75, 3.05) is 11.1 Å². The first-order valence-corrected chi connectivity index (χ1v) is 12.6. The van der Waals surface area contributed by atoms with Crippen LogP contribution in [0.4, 0.5) is 5.69 Å². The lowest BCUT2D eigenvalue weighted by atomic mass is 10.1. The van der Waals surface area contributed by atoms with Gasteiger partial charge in [-0.1, -0.05) is 78.7 Å². The van der Waals surface area contributed by atoms with Gasteiger partial charge in [-0.05, 0) is 62.6 Å². The van der Waals surface area contributed by atoms with E-state index in [1.165, 1.54) is 35.7 Å². The Morgan fingerprint density at radius 2 is 1.71 bits per heavy atom. The Morgan fingerprint density at radius 3 is 2.41 bits per heavy atom. The first-order valence-electron chi connectivity index (χ1n) is 11.6. The van der Waals surface area contributed by atoms with Crippen LogP contribution in [0.15, 0.2) is 78.0 Å². The first kappa shape index (κ1) is 23.8. The molecule has 0 radical (unpaired) electrons. The molecule has 174 valence electrons. The van der Waals surface area contributed by atoms with E-state index in [2.05, 4.69) is 84.8 Å². The number of aromatic nitrogens is 3. The molecule has 0 spiro atoms. The molecule has 0 bridgehead atoms. The maximum atomic E-state index is 12.7. The number of benzene rings is 3. The average molecular weight is 471 g/mol. The van der Waals surface area contributed by atoms with E-state index >= 15 is 0 Å². The van der Waals surface area contributed by atoms with Gasteiger partial charge in [0.1, 0.15) is 0 Å². The van der Waals surface area contributed by atoms with Gasteiger partial charge in [-0.15, -0.1) is 10.2 Å². The number of carbonyl (C=O) groups is 1. The zero-order chi connectivity index (χ0) is 23.9. The molecular weight excluding hydrogens is 440 g/mol. The predicted molar refractivity (Wildman–Crippen MR) is 141 cm³/mol. The Balaban J connectivity index is 1.51. The number of rotatable bonds is 9. The van der Waals surface area contributed by atoms with E-state index in [-0.39, 0.29) is 11.7 Å². The van der Waals surface area contributed by atoms with Crippen molar-refractivity contribution in [2.45, 2.75) is 45.2 Å². The third-order valence-electron chi connectivity index (χ3n) is 5.59. The molecule has 0 fully saturated rings. The second-order valence-electron chi connectivity index (χ2n) is 8.48. The molecule has 1 aromatic heterocycles. The van der Waals surface area contributed by atoms with Crippen LogP contribution in [0.2, 0.25) is 0 Å². The van der Waals surface area contributed by atoms with Crippen molar-refractivity contribution in [3.63, 3.8) is 0 Å². The Kier molecular flexibility index (Phi) is 7.80. The van der Waals surface area contributed by atoms with Crippen LogP contribution in [-0.2, 0) is 11.2 Å². The van der Waals surface area contributed by atoms with E-state index in [1.807, 2.05) is 28.8 Å². The molecule has 0 aliphatic carbocycles. The topological polar surface area (TPSA) is 59.8 Å². The molecule has 3 aromatic carbocycles. The summed E-state index contributed by atoms with van der Waals surface area (Å²) in [5.41, 5.74) is 6.41. The number of nitrogens with zero attached hydrogens (tertiary/aromatic N) is 3. The van der Waals surface area contributed by atoms with Gasteiger partial charge in [-0.25, -0.2) is 0 Å². The van der Waals surface area contributed by atoms with Gasteiger partial charge in [-0.2, -0.15) is 0 Å². The van der Waals surface area contributed by atoms with Gasteiger partial charge >= 0.3 is 0 Å². The minimum atomic E-state index is -0.0677. The third-order valence-corrected chi connectivity index (χ3v) is 6.52. The fourth-order valence-electron chi connectivity index (χ4n) is 3.72. The van der Waals surface area contributed by atoms with Crippen molar-refractivity contribution in [1.82, 2.24) is 14.8 Å². The summed E-state index contributed by atoms with van der Waals surface area (Å²) in [6.45, 7) is 6.32. The summed E-state index contributed by atoms with van der Waals surface area (Å²) in [6.07, 6.45) is 3.42. The number of hydrogen-bond donors (Lipinski definition) is 1. The highest BCUT2D eigenvalue weighted by molar-refractivity contribution is 7.99. The number of anilines is 1. The van der Waals surface area contributed by atoms with Gasteiger partial charge in [-0.3, -0.25) is 9.36 Å². The second kappa shape index (κ2) is 11.2. The van der Waals surface area contributed by atoms with Crippen molar-refractivity contribution >= 4 is 23.4 Å². The summed E-state index contributed by atoms with van der Waals surface area (Å²) in [6, 6.07) is 24.6. The van der Waals surface area contributed by atoms with Gasteiger partial charge in [0.2, 0.25) is 5.91 Å². The summed E-state index contributed by atoms with van der Waals surface area (Å²) in [4.78, 5) is 12.7. The molecule has 4 aromatic rings. The number of thioether (sulfide) groups is 1. The quantitative estimate of drug-likeness (QED) is 0.279. The van der Waals surface area contributed by atoms with Gasteiger partial charge in [0.25, 0.3) is 0 Å². The molecule has 5 nitrogen and oxygen atoms in total. The van der Waals surface area contributed by atoms with E-state index in [0.29, 0.717) is 5.16 Å². The van der Waals surface area contributed by atoms with E-state index in [4.69, 9.17) is 0 Å². The van der Waals surface area contributed by atoms with Gasteiger partial charge in [0.05, 0.1) is 5.75 Å². The molecule has 1 N–H and O–H groups in total. The SMILES string of the molecule is CCCCc1ccc(NC(=O)CSc2nnc(-c3cccc(C)c3)n2-c2ccc(C)cc2)cc1. The molecule has 0 saturated carbocycles. The molecule has 0 saturated heterocycles. The van der Waals surface area contributed by atoms with E-state index < -0.39 is 0 Å². The largest absolute Gasteiger partial charge is 0.325 e. The van der Waals surface area contributed by atoms with Crippen molar-refractivity contribution in [1.29, 1.82) is 0 Å². The van der Waals surface area contributed by atoms with Crippen LogP contribution >= 0.6 is 11.8 Å². The van der Waals surface area contributed by atoms with Crippen LogP contribution in [0.5, 0.6) is 0 Å². The number of amides is 1. The second-order valence-corrected chi connectivity index (χ2v) is 9.43. The van der Waals surface area contributed by atoms with Crippen LogP contribution in [0.3, 0.4) is 0 Å². The first-order chi connectivity index (χ1) is 16.5. The average Bonchev–Trinajstić information content (AvgIpc) is 3.27. The molecule has 6 heteroatoms. The van der Waals surface area contributed by atoms with Crippen molar-refractivity contribution in [3.05, 3.63) is 89.5 Å². The highest BCUT2D eigenvalue weighted by Gasteiger charge is 2.17. The maximum absolute atomic E-state index is 12.7. The fourth-order valence-corrected chi connectivity index (χ4v) is 4.48. The van der Waals surface area contributed by atoms with Crippen molar-refractivity contribution < 1.29 is 4.79 Å². The predicted octanol–water partition coefficient (Wildman–Crippen LogP) is 6.62. The minimum Gasteiger partial charge on any atom is -0.325 e. The number of carbonyl (C=O) groups excluding carboxylic acids is 1. The Morgan fingerprint density at radius 1 is 0.941 bits per heavy atom. The normalized spacial score (nSPS) is 10.9. The maximum Gasteiger partial charge on any atom is 0.234 e. The van der Waals surface area contributed by atoms with E-state index in [0.717, 1.165) is 34.7 Å². The lowest BCUT2D eigenvalue weighted by Gasteiger charge is -2.11. The molecule has 4 rings (SSSR count). The smallest absolute Gasteiger partial charge is 0.234 e. The van der Waals surface area contributed by atoms with E-state index in [1.54, 1.807) is 0 Å². The third kappa shape index (κ3) is 5.94. The Hall–Kier alpha value is -3.38. The summed E-state index contributed by atoms with van der Waals surface area (Å²) in [5, 5.41) is 12.6. The molecule has 34 heavy (non-hydrogen) atoms. The highest BCUT2D eigenvalue weighted by atomic mass is 32.2. The molecule has 0 atom stereocenters. The highest BCUT2D eigenvalue weighted by Crippen LogP contribution is 2.28. The standard InChI is InChI=1S/C28H30N4OS/c1-4-5-8-22-12-14-24(15-13-22)29-26(33)19-34-28-31-30-27(23-9-6-7-21(3)18-23)32(28)25-16-10-20(2)11-17-25/h6-7,9-18H,4-5,8,19H2,1-3H3,(H,29,33). The molecule has 1 amide bonds. The molecule has 0 aliphatic rings. The summed E-state index contributed by atoms with van der Waals surface area (Å²) in [7, 11) is 0. The van der Waals surface area contributed by atoms with Gasteiger partial charge in [0.15, 0.2) is 11.0 Å². The zero-order valence-electron chi connectivity index (χ0n) is 19.9. The van der Waals surface area contributed by atoms with Gasteiger partial charge < -0.3 is 5.32 Å². The van der Waals surface area contributed by atoms with Crippen molar-refractivity contribution in [3.8, 4) is 17.1 Å². The molecule has 0 aliphatic heterocycles. The van der Waals surface area contributed by atoms with Crippen LogP contribution in [0, 0.1) is 13.8 Å². The molecule has 0 unspecified atom stereocenters. The van der Waals surface area contributed by atoms with E-state index in [9.17, 15) is 4.79 Å². The number of hydrogen-bond acceptors (Lipinski definition) is 4. The minimum absolute atomic E-state index is 0.0677.